The van der Waals surface area contributed by atoms with Gasteiger partial charge in [-0.15, -0.1) is 6.58 Å². The van der Waals surface area contributed by atoms with Gasteiger partial charge in [-0.3, -0.25) is 4.79 Å². The molecule has 0 aromatic heterocycles. The summed E-state index contributed by atoms with van der Waals surface area (Å²) in [5, 5.41) is 6.61. The number of hydrogen-bond donors (Lipinski definition) is 2. The van der Waals surface area contributed by atoms with Gasteiger partial charge in [0.05, 0.1) is 0 Å². The lowest BCUT2D eigenvalue weighted by atomic mass is 10.1. The Morgan fingerprint density at radius 2 is 1.82 bits per heavy atom. The van der Waals surface area contributed by atoms with Gasteiger partial charge in [-0.25, -0.2) is 0 Å². The summed E-state index contributed by atoms with van der Waals surface area (Å²) in [6.07, 6.45) is 3.68. The Hall–Kier alpha value is -1.88. The van der Waals surface area contributed by atoms with Gasteiger partial charge in [0.25, 0.3) is 5.91 Å². The molecule has 0 saturated carbocycles. The summed E-state index contributed by atoms with van der Waals surface area (Å²) in [4.78, 5) is 14.4. The highest BCUT2D eigenvalue weighted by atomic mass is 32.1. The fourth-order valence-electron chi connectivity index (χ4n) is 2.07. The number of hydrogen-bond acceptors (Lipinski definition) is 2. The third-order valence-corrected chi connectivity index (χ3v) is 3.32. The summed E-state index contributed by atoms with van der Waals surface area (Å²) in [6.45, 7) is 10.00. The molecular formula is C17H25N3OS. The molecule has 0 saturated heterocycles. The Bertz CT molecular complexity index is 493. The van der Waals surface area contributed by atoms with Crippen molar-refractivity contribution in [2.75, 3.05) is 25.0 Å². The summed E-state index contributed by atoms with van der Waals surface area (Å²) in [5.41, 5.74) is 1.56. The number of nitrogens with zero attached hydrogens (tertiary/aromatic N) is 1. The van der Waals surface area contributed by atoms with Crippen LogP contribution < -0.4 is 10.6 Å². The molecule has 1 amide bonds. The van der Waals surface area contributed by atoms with E-state index in [4.69, 9.17) is 12.2 Å². The van der Waals surface area contributed by atoms with Crippen LogP contribution in [0.5, 0.6) is 0 Å². The molecule has 0 heterocycles. The highest BCUT2D eigenvalue weighted by molar-refractivity contribution is 7.80. The van der Waals surface area contributed by atoms with Crippen molar-refractivity contribution < 1.29 is 4.79 Å². The zero-order valence-electron chi connectivity index (χ0n) is 13.4. The minimum atomic E-state index is 0.0857. The summed E-state index contributed by atoms with van der Waals surface area (Å²) in [5.74, 6) is 0.0857. The second-order valence-electron chi connectivity index (χ2n) is 4.99. The fraction of sp³-hybridized carbons (Fsp3) is 0.412. The van der Waals surface area contributed by atoms with E-state index in [0.29, 0.717) is 17.2 Å². The van der Waals surface area contributed by atoms with Gasteiger partial charge in [0, 0.05) is 30.9 Å². The number of carbonyl (C=O) groups is 1. The molecule has 0 aliphatic heterocycles. The van der Waals surface area contributed by atoms with Gasteiger partial charge >= 0.3 is 0 Å². The van der Waals surface area contributed by atoms with Crippen molar-refractivity contribution in [3.8, 4) is 0 Å². The molecule has 0 unspecified atom stereocenters. The van der Waals surface area contributed by atoms with E-state index >= 15 is 0 Å². The molecule has 1 aromatic rings. The Morgan fingerprint density at radius 1 is 1.23 bits per heavy atom. The normalized spacial score (nSPS) is 9.91. The van der Waals surface area contributed by atoms with Crippen LogP contribution in [0.3, 0.4) is 0 Å². The Balaban J connectivity index is 2.68. The van der Waals surface area contributed by atoms with Gasteiger partial charge in [0.15, 0.2) is 5.11 Å². The van der Waals surface area contributed by atoms with Crippen LogP contribution in [-0.4, -0.2) is 35.6 Å². The molecule has 1 rings (SSSR count). The Labute approximate surface area is 138 Å². The van der Waals surface area contributed by atoms with Gasteiger partial charge < -0.3 is 15.5 Å². The molecule has 5 heteroatoms. The molecule has 0 atom stereocenters. The van der Waals surface area contributed by atoms with Gasteiger partial charge in [-0.1, -0.05) is 19.9 Å². The first-order chi connectivity index (χ1) is 10.6. The van der Waals surface area contributed by atoms with E-state index in [1.807, 2.05) is 29.2 Å². The number of carbonyl (C=O) groups excluding carboxylic acids is 1. The van der Waals surface area contributed by atoms with E-state index in [9.17, 15) is 4.79 Å². The summed E-state index contributed by atoms with van der Waals surface area (Å²) in [7, 11) is 0. The van der Waals surface area contributed by atoms with Crippen LogP contribution in [0, 0.1) is 0 Å². The molecule has 22 heavy (non-hydrogen) atoms. The lowest BCUT2D eigenvalue weighted by molar-refractivity contribution is 0.0755. The SMILES string of the molecule is C=CCNC(=S)Nc1ccc(C(=O)N(CCC)CCC)cc1. The second kappa shape index (κ2) is 9.95. The minimum Gasteiger partial charge on any atom is -0.359 e. The molecule has 4 nitrogen and oxygen atoms in total. The smallest absolute Gasteiger partial charge is 0.253 e. The molecule has 1 aromatic carbocycles. The molecule has 0 radical (unpaired) electrons. The Morgan fingerprint density at radius 3 is 2.32 bits per heavy atom. The first-order valence-corrected chi connectivity index (χ1v) is 8.08. The lowest BCUT2D eigenvalue weighted by Crippen LogP contribution is -2.32. The number of amides is 1. The van der Waals surface area contributed by atoms with E-state index in [1.54, 1.807) is 6.08 Å². The van der Waals surface area contributed by atoms with Gasteiger partial charge in [0.2, 0.25) is 0 Å². The van der Waals surface area contributed by atoms with Gasteiger partial charge in [-0.2, -0.15) is 0 Å². The maximum atomic E-state index is 12.5. The molecule has 0 bridgehead atoms. The maximum absolute atomic E-state index is 12.5. The summed E-state index contributed by atoms with van der Waals surface area (Å²) in [6, 6.07) is 7.40. The minimum absolute atomic E-state index is 0.0857. The van der Waals surface area contributed by atoms with Crippen molar-refractivity contribution in [3.05, 3.63) is 42.5 Å². The van der Waals surface area contributed by atoms with Crippen molar-refractivity contribution in [2.45, 2.75) is 26.7 Å². The van der Waals surface area contributed by atoms with Crippen LogP contribution in [0.2, 0.25) is 0 Å². The number of rotatable bonds is 8. The van der Waals surface area contributed by atoms with Crippen LogP contribution in [0.1, 0.15) is 37.0 Å². The Kier molecular flexibility index (Phi) is 8.22. The predicted octanol–water partition coefficient (Wildman–Crippen LogP) is 3.42. The molecule has 0 fully saturated rings. The van der Waals surface area contributed by atoms with Gasteiger partial charge in [-0.05, 0) is 49.3 Å². The van der Waals surface area contributed by atoms with Crippen LogP contribution >= 0.6 is 12.2 Å². The number of benzene rings is 1. The van der Waals surface area contributed by atoms with E-state index < -0.39 is 0 Å². The number of thiocarbonyl (C=S) groups is 1. The van der Waals surface area contributed by atoms with E-state index in [-0.39, 0.29) is 5.91 Å². The number of nitrogens with one attached hydrogen (secondary N) is 2. The van der Waals surface area contributed by atoms with Crippen molar-refractivity contribution in [1.82, 2.24) is 10.2 Å². The van der Waals surface area contributed by atoms with Gasteiger partial charge in [0.1, 0.15) is 0 Å². The second-order valence-corrected chi connectivity index (χ2v) is 5.40. The summed E-state index contributed by atoms with van der Waals surface area (Å²) >= 11 is 5.15. The topological polar surface area (TPSA) is 44.4 Å². The average molecular weight is 319 g/mol. The van der Waals surface area contributed by atoms with Crippen LogP contribution in [0.4, 0.5) is 5.69 Å². The monoisotopic (exact) mass is 319 g/mol. The first kappa shape index (κ1) is 18.2. The molecular weight excluding hydrogens is 294 g/mol. The predicted molar refractivity (Wildman–Crippen MR) is 97.3 cm³/mol. The average Bonchev–Trinajstić information content (AvgIpc) is 2.53. The highest BCUT2D eigenvalue weighted by Gasteiger charge is 2.13. The molecule has 0 spiro atoms. The zero-order valence-corrected chi connectivity index (χ0v) is 14.2. The highest BCUT2D eigenvalue weighted by Crippen LogP contribution is 2.12. The largest absolute Gasteiger partial charge is 0.359 e. The van der Waals surface area contributed by atoms with Crippen LogP contribution in [-0.2, 0) is 0 Å². The van der Waals surface area contributed by atoms with Crippen LogP contribution in [0.25, 0.3) is 0 Å². The quantitative estimate of drug-likeness (QED) is 0.569. The summed E-state index contributed by atoms with van der Waals surface area (Å²) < 4.78 is 0. The van der Waals surface area contributed by atoms with E-state index in [2.05, 4.69) is 31.1 Å². The van der Waals surface area contributed by atoms with Crippen molar-refractivity contribution in [3.63, 3.8) is 0 Å². The third kappa shape index (κ3) is 5.85. The fourth-order valence-corrected chi connectivity index (χ4v) is 2.27. The van der Waals surface area contributed by atoms with Crippen molar-refractivity contribution in [2.24, 2.45) is 0 Å². The van der Waals surface area contributed by atoms with Crippen molar-refractivity contribution in [1.29, 1.82) is 0 Å². The molecule has 0 aliphatic carbocycles. The lowest BCUT2D eigenvalue weighted by Gasteiger charge is -2.21. The first-order valence-electron chi connectivity index (χ1n) is 7.67. The standard InChI is InChI=1S/C17H25N3OS/c1-4-11-18-17(22)19-15-9-7-14(8-10-15)16(21)20(12-5-2)13-6-3/h4,7-10H,1,5-6,11-13H2,2-3H3,(H2,18,19,22). The molecule has 120 valence electrons. The molecule has 2 N–H and O–H groups in total. The maximum Gasteiger partial charge on any atom is 0.253 e. The van der Waals surface area contributed by atoms with E-state index in [1.165, 1.54) is 0 Å². The number of anilines is 1. The third-order valence-electron chi connectivity index (χ3n) is 3.07. The van der Waals surface area contributed by atoms with Crippen molar-refractivity contribution >= 4 is 28.9 Å². The molecule has 0 aliphatic rings. The van der Waals surface area contributed by atoms with E-state index in [0.717, 1.165) is 31.6 Å². The zero-order chi connectivity index (χ0) is 16.4. The van der Waals surface area contributed by atoms with Crippen LogP contribution in [0.15, 0.2) is 36.9 Å².